The van der Waals surface area contributed by atoms with Crippen LogP contribution in [-0.2, 0) is 4.79 Å². The van der Waals surface area contributed by atoms with Crippen LogP contribution in [0.2, 0.25) is 0 Å². The molecule has 0 unspecified atom stereocenters. The average Bonchev–Trinajstić information content (AvgIpc) is 1.95. The zero-order chi connectivity index (χ0) is 8.48. The third kappa shape index (κ3) is 1.58. The summed E-state index contributed by atoms with van der Waals surface area (Å²) in [6, 6.07) is 0. The van der Waals surface area contributed by atoms with E-state index in [2.05, 4.69) is 6.92 Å². The molecule has 0 spiro atoms. The Kier molecular flexibility index (Phi) is 2.58. The van der Waals surface area contributed by atoms with Gasteiger partial charge < -0.3 is 0 Å². The van der Waals surface area contributed by atoms with Crippen LogP contribution in [0.5, 0.6) is 0 Å². The van der Waals surface area contributed by atoms with E-state index < -0.39 is 4.87 Å². The fourth-order valence-corrected chi connectivity index (χ4v) is 2.07. The van der Waals surface area contributed by atoms with Gasteiger partial charge in [-0.25, -0.2) is 0 Å². The number of carbonyl (C=O) groups excluding carboxylic acids is 1. The van der Waals surface area contributed by atoms with Gasteiger partial charge in [0.2, 0.25) is 0 Å². The van der Waals surface area contributed by atoms with Crippen LogP contribution in [0.3, 0.4) is 0 Å². The van der Waals surface area contributed by atoms with Crippen molar-refractivity contribution in [2.75, 3.05) is 0 Å². The predicted octanol–water partition coefficient (Wildman–Crippen LogP) is 2.76. The van der Waals surface area contributed by atoms with Gasteiger partial charge in [-0.1, -0.05) is 19.8 Å². The molecule has 0 aromatic rings. The van der Waals surface area contributed by atoms with E-state index in [1.807, 2.05) is 0 Å². The van der Waals surface area contributed by atoms with E-state index in [0.717, 1.165) is 19.3 Å². The second-order valence-electron chi connectivity index (χ2n) is 3.57. The molecule has 0 aliphatic heterocycles. The number of alkyl halides is 1. The van der Waals surface area contributed by atoms with E-state index in [1.54, 1.807) is 6.92 Å². The van der Waals surface area contributed by atoms with Crippen molar-refractivity contribution in [3.63, 3.8) is 0 Å². The Balaban J connectivity index is 2.72. The Morgan fingerprint density at radius 3 is 2.55 bits per heavy atom. The first-order valence-electron chi connectivity index (χ1n) is 4.27. The van der Waals surface area contributed by atoms with E-state index in [-0.39, 0.29) is 5.78 Å². The lowest BCUT2D eigenvalue weighted by Gasteiger charge is -2.34. The van der Waals surface area contributed by atoms with Crippen LogP contribution in [-0.4, -0.2) is 10.7 Å². The van der Waals surface area contributed by atoms with Crippen molar-refractivity contribution in [1.29, 1.82) is 0 Å². The summed E-state index contributed by atoms with van der Waals surface area (Å²) in [5.74, 6) is 0.502. The molecule has 1 nitrogen and oxygen atoms in total. The molecule has 1 rings (SSSR count). The Morgan fingerprint density at radius 2 is 2.18 bits per heavy atom. The molecule has 2 heteroatoms. The molecule has 64 valence electrons. The van der Waals surface area contributed by atoms with Crippen LogP contribution >= 0.6 is 11.6 Å². The summed E-state index contributed by atoms with van der Waals surface area (Å²) in [5.41, 5.74) is 0. The highest BCUT2D eigenvalue weighted by Gasteiger charge is 2.40. The smallest absolute Gasteiger partial charge is 0.150 e. The quantitative estimate of drug-likeness (QED) is 0.559. The second-order valence-corrected chi connectivity index (χ2v) is 4.24. The summed E-state index contributed by atoms with van der Waals surface area (Å²) < 4.78 is 0. The van der Waals surface area contributed by atoms with Crippen molar-refractivity contribution in [1.82, 2.24) is 0 Å². The summed E-state index contributed by atoms with van der Waals surface area (Å²) >= 11 is 6.21. The lowest BCUT2D eigenvalue weighted by molar-refractivity contribution is -0.121. The maximum Gasteiger partial charge on any atom is 0.150 e. The third-order valence-corrected chi connectivity index (χ3v) is 3.62. The number of hydrogen-bond acceptors (Lipinski definition) is 1. The first-order chi connectivity index (χ1) is 5.07. The maximum atomic E-state index is 11.2. The molecular formula is C9H15ClO. The molecule has 0 aromatic heterocycles. The number of rotatable bonds is 1. The standard InChI is InChI=1S/C9H15ClO/c1-7-5-3-4-6-9(7,10)8(2)11/h7H,3-6H2,1-2H3/t7-,9-/m1/s1. The summed E-state index contributed by atoms with van der Waals surface area (Å²) in [6.07, 6.45) is 4.30. The van der Waals surface area contributed by atoms with Gasteiger partial charge in [0, 0.05) is 0 Å². The van der Waals surface area contributed by atoms with Gasteiger partial charge in [0.25, 0.3) is 0 Å². The number of hydrogen-bond donors (Lipinski definition) is 0. The van der Waals surface area contributed by atoms with Gasteiger partial charge in [0.1, 0.15) is 4.87 Å². The molecular weight excluding hydrogens is 160 g/mol. The Labute approximate surface area is 73.1 Å². The van der Waals surface area contributed by atoms with E-state index in [1.165, 1.54) is 6.42 Å². The number of carbonyl (C=O) groups is 1. The lowest BCUT2D eigenvalue weighted by Crippen LogP contribution is -2.40. The van der Waals surface area contributed by atoms with E-state index >= 15 is 0 Å². The zero-order valence-corrected chi connectivity index (χ0v) is 7.95. The molecule has 1 aliphatic carbocycles. The zero-order valence-electron chi connectivity index (χ0n) is 7.19. The van der Waals surface area contributed by atoms with Crippen molar-refractivity contribution in [2.45, 2.75) is 44.4 Å². The van der Waals surface area contributed by atoms with Crippen LogP contribution in [0.4, 0.5) is 0 Å². The molecule has 0 aromatic carbocycles. The first kappa shape index (κ1) is 9.05. The monoisotopic (exact) mass is 174 g/mol. The van der Waals surface area contributed by atoms with Crippen LogP contribution in [0.25, 0.3) is 0 Å². The summed E-state index contributed by atoms with van der Waals surface area (Å²) in [5, 5.41) is 0. The Bertz CT molecular complexity index is 167. The van der Waals surface area contributed by atoms with Crippen molar-refractivity contribution in [2.24, 2.45) is 5.92 Å². The van der Waals surface area contributed by atoms with Crippen LogP contribution in [0, 0.1) is 5.92 Å². The fraction of sp³-hybridized carbons (Fsp3) is 0.889. The number of halogens is 1. The second kappa shape index (κ2) is 3.14. The van der Waals surface area contributed by atoms with Crippen molar-refractivity contribution >= 4 is 17.4 Å². The SMILES string of the molecule is CC(=O)[C@@]1(Cl)CCCC[C@H]1C. The Hall–Kier alpha value is -0.0400. The highest BCUT2D eigenvalue weighted by atomic mass is 35.5. The molecule has 1 aliphatic rings. The molecule has 11 heavy (non-hydrogen) atoms. The van der Waals surface area contributed by atoms with Gasteiger partial charge >= 0.3 is 0 Å². The van der Waals surface area contributed by atoms with Crippen molar-refractivity contribution in [3.8, 4) is 0 Å². The highest BCUT2D eigenvalue weighted by molar-refractivity contribution is 6.35. The largest absolute Gasteiger partial charge is 0.298 e. The summed E-state index contributed by atoms with van der Waals surface area (Å²) in [6.45, 7) is 3.68. The van der Waals surface area contributed by atoms with Gasteiger partial charge in [-0.15, -0.1) is 11.6 Å². The molecule has 0 bridgehead atoms. The normalized spacial score (nSPS) is 38.6. The molecule has 0 heterocycles. The average molecular weight is 175 g/mol. The van der Waals surface area contributed by atoms with Crippen LogP contribution in [0.15, 0.2) is 0 Å². The van der Waals surface area contributed by atoms with Crippen molar-refractivity contribution in [3.05, 3.63) is 0 Å². The van der Waals surface area contributed by atoms with Crippen molar-refractivity contribution < 1.29 is 4.79 Å². The van der Waals surface area contributed by atoms with Gasteiger partial charge in [-0.2, -0.15) is 0 Å². The summed E-state index contributed by atoms with van der Waals surface area (Å²) in [4.78, 5) is 10.7. The Morgan fingerprint density at radius 1 is 1.55 bits per heavy atom. The van der Waals surface area contributed by atoms with E-state index in [4.69, 9.17) is 11.6 Å². The van der Waals surface area contributed by atoms with Crippen LogP contribution < -0.4 is 0 Å². The molecule has 1 fully saturated rings. The lowest BCUT2D eigenvalue weighted by atomic mass is 9.77. The van der Waals surface area contributed by atoms with Gasteiger partial charge in [0.15, 0.2) is 5.78 Å². The van der Waals surface area contributed by atoms with Gasteiger partial charge in [-0.3, -0.25) is 4.79 Å². The van der Waals surface area contributed by atoms with Gasteiger partial charge in [0.05, 0.1) is 0 Å². The molecule has 0 saturated heterocycles. The van der Waals surface area contributed by atoms with E-state index in [9.17, 15) is 4.79 Å². The third-order valence-electron chi connectivity index (χ3n) is 2.79. The molecule has 2 atom stereocenters. The fourth-order valence-electron chi connectivity index (χ4n) is 1.83. The highest BCUT2D eigenvalue weighted by Crippen LogP contribution is 2.39. The molecule has 0 amide bonds. The summed E-state index contributed by atoms with van der Waals surface area (Å²) in [7, 11) is 0. The molecule has 0 radical (unpaired) electrons. The number of ketones is 1. The minimum atomic E-state index is -0.530. The topological polar surface area (TPSA) is 17.1 Å². The minimum absolute atomic E-state index is 0.145. The predicted molar refractivity (Wildman–Crippen MR) is 46.9 cm³/mol. The van der Waals surface area contributed by atoms with Gasteiger partial charge in [-0.05, 0) is 25.7 Å². The first-order valence-corrected chi connectivity index (χ1v) is 4.65. The maximum absolute atomic E-state index is 11.2. The van der Waals surface area contributed by atoms with E-state index in [0.29, 0.717) is 5.92 Å². The number of Topliss-reactive ketones (excluding diaryl/α,β-unsaturated/α-hetero) is 1. The molecule has 0 N–H and O–H groups in total. The molecule has 1 saturated carbocycles. The minimum Gasteiger partial charge on any atom is -0.298 e. The van der Waals surface area contributed by atoms with Crippen LogP contribution in [0.1, 0.15) is 39.5 Å².